The minimum Gasteiger partial charge on any atom is -0.497 e. The van der Waals surface area contributed by atoms with Crippen molar-refractivity contribution in [2.45, 2.75) is 9.77 Å². The molecule has 3 rings (SSSR count). The van der Waals surface area contributed by atoms with Crippen molar-refractivity contribution < 1.29 is 9.53 Å². The Balaban J connectivity index is 2.15. The van der Waals surface area contributed by atoms with Crippen LogP contribution in [0.2, 0.25) is 10.0 Å². The van der Waals surface area contributed by atoms with E-state index in [-0.39, 0.29) is 5.92 Å². The number of hydrazone groups is 1. The second kappa shape index (κ2) is 8.19. The quantitative estimate of drug-likeness (QED) is 0.401. The maximum Gasteiger partial charge on any atom is 0.332 e. The minimum atomic E-state index is -0.982. The fraction of sp³-hybridized carbons (Fsp3) is 0.222. The standard InChI is InChI=1S/C18H16Cl3N3O2S/c1-26-13-4-2-10(3-5-13)18(21)11(8-23-24-17(22)25)9-27-16-14(18)6-12(19)7-15(16)20/h2-8,11H,9H2,1H3,(H3,22,24,25). The van der Waals surface area contributed by atoms with E-state index in [0.29, 0.717) is 21.5 Å². The number of nitrogens with zero attached hydrogens (tertiary/aromatic N) is 1. The number of amides is 2. The van der Waals surface area contributed by atoms with E-state index < -0.39 is 10.9 Å². The zero-order valence-electron chi connectivity index (χ0n) is 14.2. The van der Waals surface area contributed by atoms with Crippen molar-refractivity contribution in [1.29, 1.82) is 0 Å². The van der Waals surface area contributed by atoms with Gasteiger partial charge in [-0.1, -0.05) is 35.3 Å². The first-order chi connectivity index (χ1) is 12.9. The van der Waals surface area contributed by atoms with Crippen LogP contribution in [0.4, 0.5) is 4.79 Å². The lowest BCUT2D eigenvalue weighted by Gasteiger charge is -2.39. The summed E-state index contributed by atoms with van der Waals surface area (Å²) in [4.78, 5) is 10.8. The van der Waals surface area contributed by atoms with Crippen LogP contribution >= 0.6 is 46.6 Å². The third kappa shape index (κ3) is 3.99. The van der Waals surface area contributed by atoms with Crippen molar-refractivity contribution >= 4 is 58.8 Å². The predicted molar refractivity (Wildman–Crippen MR) is 112 cm³/mol. The molecule has 0 saturated carbocycles. The van der Waals surface area contributed by atoms with Gasteiger partial charge in [-0.2, -0.15) is 5.10 Å². The summed E-state index contributed by atoms with van der Waals surface area (Å²) in [6.07, 6.45) is 1.59. The second-order valence-electron chi connectivity index (χ2n) is 5.88. The normalized spacial score (nSPS) is 21.7. The van der Waals surface area contributed by atoms with Crippen LogP contribution in [0.15, 0.2) is 46.4 Å². The fourth-order valence-electron chi connectivity index (χ4n) is 3.00. The van der Waals surface area contributed by atoms with Gasteiger partial charge in [0.15, 0.2) is 0 Å². The van der Waals surface area contributed by atoms with Gasteiger partial charge in [0.25, 0.3) is 0 Å². The molecule has 1 aliphatic rings. The summed E-state index contributed by atoms with van der Waals surface area (Å²) in [6.45, 7) is 0. The molecular weight excluding hydrogens is 429 g/mol. The summed E-state index contributed by atoms with van der Waals surface area (Å²) in [7, 11) is 1.60. The Morgan fingerprint density at radius 3 is 2.70 bits per heavy atom. The van der Waals surface area contributed by atoms with Gasteiger partial charge in [-0.25, -0.2) is 10.2 Å². The number of fused-ring (bicyclic) bond motifs is 1. The van der Waals surface area contributed by atoms with Gasteiger partial charge in [0.1, 0.15) is 10.6 Å². The van der Waals surface area contributed by atoms with E-state index in [1.54, 1.807) is 31.2 Å². The van der Waals surface area contributed by atoms with Crippen LogP contribution in [0.1, 0.15) is 11.1 Å². The Bertz CT molecular complexity index is 892. The van der Waals surface area contributed by atoms with Gasteiger partial charge in [0.2, 0.25) is 0 Å². The number of carbonyl (C=O) groups is 1. The van der Waals surface area contributed by atoms with Crippen molar-refractivity contribution in [2.75, 3.05) is 12.9 Å². The third-order valence-electron chi connectivity index (χ3n) is 4.26. The minimum absolute atomic E-state index is 0.258. The Hall–Kier alpha value is -1.60. The van der Waals surface area contributed by atoms with Gasteiger partial charge in [0.05, 0.1) is 12.1 Å². The van der Waals surface area contributed by atoms with E-state index in [0.717, 1.165) is 16.0 Å². The van der Waals surface area contributed by atoms with Crippen molar-refractivity contribution in [2.24, 2.45) is 16.8 Å². The van der Waals surface area contributed by atoms with Crippen LogP contribution in [-0.4, -0.2) is 25.1 Å². The van der Waals surface area contributed by atoms with Crippen LogP contribution in [0.5, 0.6) is 5.75 Å². The summed E-state index contributed by atoms with van der Waals surface area (Å²) in [5.41, 5.74) is 8.92. The smallest absolute Gasteiger partial charge is 0.332 e. The van der Waals surface area contributed by atoms with Gasteiger partial charge >= 0.3 is 6.03 Å². The van der Waals surface area contributed by atoms with Crippen LogP contribution in [0, 0.1) is 5.92 Å². The van der Waals surface area contributed by atoms with E-state index >= 15 is 0 Å². The summed E-state index contributed by atoms with van der Waals surface area (Å²) in [5, 5.41) is 4.97. The molecule has 0 radical (unpaired) electrons. The molecule has 0 saturated heterocycles. The number of hydrogen-bond acceptors (Lipinski definition) is 4. The van der Waals surface area contributed by atoms with E-state index in [1.165, 1.54) is 0 Å². The Labute approximate surface area is 176 Å². The van der Waals surface area contributed by atoms with Gasteiger partial charge < -0.3 is 10.5 Å². The lowest BCUT2D eigenvalue weighted by molar-refractivity contribution is 0.249. The molecular formula is C18H16Cl3N3O2S. The highest BCUT2D eigenvalue weighted by molar-refractivity contribution is 7.99. The van der Waals surface area contributed by atoms with E-state index in [9.17, 15) is 4.79 Å². The molecule has 2 amide bonds. The topological polar surface area (TPSA) is 76.7 Å². The predicted octanol–water partition coefficient (Wildman–Crippen LogP) is 4.86. The number of rotatable bonds is 4. The van der Waals surface area contributed by atoms with E-state index in [4.69, 9.17) is 45.3 Å². The molecule has 0 spiro atoms. The number of thioether (sulfide) groups is 1. The van der Waals surface area contributed by atoms with Crippen LogP contribution in [0.3, 0.4) is 0 Å². The van der Waals surface area contributed by atoms with Gasteiger partial charge in [0, 0.05) is 27.8 Å². The molecule has 5 nitrogen and oxygen atoms in total. The SMILES string of the molecule is COc1ccc(C2(Cl)c3cc(Cl)cc(Cl)c3SCC2C=NNC(N)=O)cc1. The number of primary amides is 1. The molecule has 2 aromatic carbocycles. The summed E-state index contributed by atoms with van der Waals surface area (Å²) >= 11 is 21.5. The van der Waals surface area contributed by atoms with Crippen molar-refractivity contribution in [3.05, 3.63) is 57.6 Å². The molecule has 2 aromatic rings. The fourth-order valence-corrected chi connectivity index (χ4v) is 5.47. The highest BCUT2D eigenvalue weighted by Gasteiger charge is 2.45. The number of hydrogen-bond donors (Lipinski definition) is 2. The first kappa shape index (κ1) is 20.1. The summed E-state index contributed by atoms with van der Waals surface area (Å²) in [5.74, 6) is 1.06. The van der Waals surface area contributed by atoms with Crippen molar-refractivity contribution in [3.63, 3.8) is 0 Å². The lowest BCUT2D eigenvalue weighted by atomic mass is 9.80. The molecule has 2 unspecified atom stereocenters. The maximum absolute atomic E-state index is 10.9. The number of nitrogens with one attached hydrogen (secondary N) is 1. The lowest BCUT2D eigenvalue weighted by Crippen LogP contribution is -2.38. The number of alkyl halides is 1. The first-order valence-corrected chi connectivity index (χ1v) is 10.0. The largest absolute Gasteiger partial charge is 0.497 e. The Morgan fingerprint density at radius 2 is 2.07 bits per heavy atom. The van der Waals surface area contributed by atoms with Crippen molar-refractivity contribution in [1.82, 2.24) is 5.43 Å². The molecule has 0 bridgehead atoms. The van der Waals surface area contributed by atoms with Gasteiger partial charge in [-0.3, -0.25) is 0 Å². The Kier molecular flexibility index (Phi) is 6.11. The van der Waals surface area contributed by atoms with E-state index in [2.05, 4.69) is 10.5 Å². The number of nitrogens with two attached hydrogens (primary N) is 1. The molecule has 3 N–H and O–H groups in total. The number of halogens is 3. The number of methoxy groups -OCH3 is 1. The van der Waals surface area contributed by atoms with Crippen LogP contribution in [0.25, 0.3) is 0 Å². The number of carbonyl (C=O) groups excluding carboxylic acids is 1. The average Bonchev–Trinajstić information content (AvgIpc) is 2.64. The third-order valence-corrected chi connectivity index (χ3v) is 6.84. The summed E-state index contributed by atoms with van der Waals surface area (Å²) in [6, 6.07) is 10.2. The molecule has 1 heterocycles. The maximum atomic E-state index is 10.9. The van der Waals surface area contributed by atoms with Crippen molar-refractivity contribution in [3.8, 4) is 5.75 Å². The number of urea groups is 1. The molecule has 9 heteroatoms. The van der Waals surface area contributed by atoms with E-state index in [1.807, 2.05) is 30.3 Å². The van der Waals surface area contributed by atoms with Gasteiger partial charge in [-0.05, 0) is 35.4 Å². The average molecular weight is 445 g/mol. The molecule has 27 heavy (non-hydrogen) atoms. The monoisotopic (exact) mass is 443 g/mol. The Morgan fingerprint density at radius 1 is 1.37 bits per heavy atom. The summed E-state index contributed by atoms with van der Waals surface area (Å²) < 4.78 is 5.24. The molecule has 0 fully saturated rings. The second-order valence-corrected chi connectivity index (χ2v) is 8.35. The zero-order valence-corrected chi connectivity index (χ0v) is 17.3. The molecule has 2 atom stereocenters. The molecule has 0 aromatic heterocycles. The number of benzene rings is 2. The number of ether oxygens (including phenoxy) is 1. The molecule has 0 aliphatic carbocycles. The van der Waals surface area contributed by atoms with Crippen LogP contribution in [-0.2, 0) is 4.87 Å². The zero-order chi connectivity index (χ0) is 19.6. The molecule has 142 valence electrons. The van der Waals surface area contributed by atoms with Crippen LogP contribution < -0.4 is 15.9 Å². The molecule has 1 aliphatic heterocycles. The highest BCUT2D eigenvalue weighted by atomic mass is 35.5. The van der Waals surface area contributed by atoms with Gasteiger partial charge in [-0.15, -0.1) is 23.4 Å². The highest BCUT2D eigenvalue weighted by Crippen LogP contribution is 2.54. The first-order valence-electron chi connectivity index (χ1n) is 7.90.